The molecule has 0 saturated heterocycles. The minimum absolute atomic E-state index is 0.279. The van der Waals surface area contributed by atoms with Crippen molar-refractivity contribution in [1.82, 2.24) is 10.9 Å². The maximum atomic E-state index is 11.0. The largest absolute Gasteiger partial charge is 0.370 e. The van der Waals surface area contributed by atoms with Gasteiger partial charge in [-0.05, 0) is 19.3 Å². The molecule has 1 aliphatic carbocycles. The van der Waals surface area contributed by atoms with E-state index in [0.29, 0.717) is 0 Å². The molecule has 4 nitrogen and oxygen atoms in total. The SMILES string of the molecule is O=C1C=C(CCC2=CC2)NNC1O. The Balaban J connectivity index is 1.87. The van der Waals surface area contributed by atoms with Crippen molar-refractivity contribution < 1.29 is 9.90 Å². The van der Waals surface area contributed by atoms with Gasteiger partial charge in [-0.15, -0.1) is 0 Å². The van der Waals surface area contributed by atoms with Gasteiger partial charge in [-0.2, -0.15) is 0 Å². The number of hydrazine groups is 1. The second kappa shape index (κ2) is 3.32. The maximum Gasteiger partial charge on any atom is 0.202 e. The molecule has 13 heavy (non-hydrogen) atoms. The Kier molecular flexibility index (Phi) is 2.16. The molecule has 0 amide bonds. The number of aliphatic hydroxyl groups is 1. The molecule has 0 saturated carbocycles. The van der Waals surface area contributed by atoms with Crippen molar-refractivity contribution in [3.05, 3.63) is 23.4 Å². The Hall–Kier alpha value is -1.13. The molecule has 0 aromatic rings. The van der Waals surface area contributed by atoms with Gasteiger partial charge in [-0.3, -0.25) is 4.79 Å². The van der Waals surface area contributed by atoms with Crippen LogP contribution in [0.1, 0.15) is 19.3 Å². The number of rotatable bonds is 3. The Morgan fingerprint density at radius 2 is 2.31 bits per heavy atom. The fraction of sp³-hybridized carbons (Fsp3) is 0.444. The van der Waals surface area contributed by atoms with E-state index in [0.717, 1.165) is 25.0 Å². The minimum Gasteiger partial charge on any atom is -0.370 e. The van der Waals surface area contributed by atoms with Crippen LogP contribution in [0.3, 0.4) is 0 Å². The first-order valence-corrected chi connectivity index (χ1v) is 4.37. The van der Waals surface area contributed by atoms with E-state index in [1.165, 1.54) is 11.6 Å². The summed E-state index contributed by atoms with van der Waals surface area (Å²) in [6, 6.07) is 0. The lowest BCUT2D eigenvalue weighted by Gasteiger charge is -2.19. The van der Waals surface area contributed by atoms with Crippen LogP contribution in [0.25, 0.3) is 0 Å². The van der Waals surface area contributed by atoms with Crippen LogP contribution in [0.5, 0.6) is 0 Å². The van der Waals surface area contributed by atoms with Gasteiger partial charge in [0.25, 0.3) is 0 Å². The molecule has 0 spiro atoms. The summed E-state index contributed by atoms with van der Waals surface area (Å²) < 4.78 is 0. The predicted molar refractivity (Wildman–Crippen MR) is 47.3 cm³/mol. The molecule has 2 rings (SSSR count). The van der Waals surface area contributed by atoms with E-state index in [-0.39, 0.29) is 5.78 Å². The van der Waals surface area contributed by atoms with E-state index in [1.807, 2.05) is 0 Å². The number of ketones is 1. The van der Waals surface area contributed by atoms with Crippen LogP contribution in [0.15, 0.2) is 23.4 Å². The Labute approximate surface area is 76.3 Å². The van der Waals surface area contributed by atoms with Gasteiger partial charge in [0.1, 0.15) is 0 Å². The number of aliphatic hydroxyl groups excluding tert-OH is 1. The van der Waals surface area contributed by atoms with E-state index >= 15 is 0 Å². The van der Waals surface area contributed by atoms with Gasteiger partial charge in [0.05, 0.1) is 0 Å². The van der Waals surface area contributed by atoms with Crippen molar-refractivity contribution in [2.75, 3.05) is 0 Å². The lowest BCUT2D eigenvalue weighted by molar-refractivity contribution is -0.125. The van der Waals surface area contributed by atoms with Gasteiger partial charge < -0.3 is 10.5 Å². The van der Waals surface area contributed by atoms with Crippen molar-refractivity contribution in [1.29, 1.82) is 0 Å². The number of nitrogens with one attached hydrogen (secondary N) is 2. The monoisotopic (exact) mass is 180 g/mol. The molecular weight excluding hydrogens is 168 g/mol. The fourth-order valence-corrected chi connectivity index (χ4v) is 1.23. The van der Waals surface area contributed by atoms with Crippen LogP contribution < -0.4 is 10.9 Å². The van der Waals surface area contributed by atoms with Crippen molar-refractivity contribution in [2.24, 2.45) is 0 Å². The van der Waals surface area contributed by atoms with Crippen LogP contribution in [0, 0.1) is 0 Å². The van der Waals surface area contributed by atoms with Crippen LogP contribution in [-0.2, 0) is 4.79 Å². The predicted octanol–water partition coefficient (Wildman–Crippen LogP) is -0.0241. The molecule has 1 aliphatic heterocycles. The standard InChI is InChI=1S/C9H12N2O2/c12-8-5-7(10-11-9(8)13)4-3-6-1-2-6/h1,5,9-11,13H,2-4H2. The van der Waals surface area contributed by atoms with Crippen molar-refractivity contribution >= 4 is 5.78 Å². The summed E-state index contributed by atoms with van der Waals surface area (Å²) in [6.07, 6.45) is 5.50. The Morgan fingerprint density at radius 3 is 2.92 bits per heavy atom. The smallest absolute Gasteiger partial charge is 0.202 e. The van der Waals surface area contributed by atoms with Gasteiger partial charge in [-0.1, -0.05) is 11.6 Å². The summed E-state index contributed by atoms with van der Waals surface area (Å²) in [5, 5.41) is 9.01. The lowest BCUT2D eigenvalue weighted by Crippen LogP contribution is -2.48. The van der Waals surface area contributed by atoms with Crippen LogP contribution >= 0.6 is 0 Å². The summed E-state index contributed by atoms with van der Waals surface area (Å²) in [5.41, 5.74) is 7.59. The highest BCUT2D eigenvalue weighted by atomic mass is 16.3. The molecule has 0 bridgehead atoms. The minimum atomic E-state index is -1.09. The molecular formula is C9H12N2O2. The first kappa shape index (κ1) is 8.47. The highest BCUT2D eigenvalue weighted by Gasteiger charge is 2.18. The Bertz CT molecular complexity index is 294. The first-order valence-electron chi connectivity index (χ1n) is 4.37. The zero-order valence-electron chi connectivity index (χ0n) is 7.21. The number of hydrogen-bond acceptors (Lipinski definition) is 4. The number of carbonyl (C=O) groups is 1. The molecule has 0 fully saturated rings. The normalized spacial score (nSPS) is 26.2. The third-order valence-corrected chi connectivity index (χ3v) is 2.16. The lowest BCUT2D eigenvalue weighted by atomic mass is 10.1. The summed E-state index contributed by atoms with van der Waals surface area (Å²) >= 11 is 0. The zero-order valence-corrected chi connectivity index (χ0v) is 7.21. The molecule has 4 heteroatoms. The third-order valence-electron chi connectivity index (χ3n) is 2.16. The second-order valence-electron chi connectivity index (χ2n) is 3.31. The van der Waals surface area contributed by atoms with E-state index in [1.54, 1.807) is 0 Å². The first-order chi connectivity index (χ1) is 6.25. The van der Waals surface area contributed by atoms with Crippen molar-refractivity contribution in [3.8, 4) is 0 Å². The molecule has 1 atom stereocenters. The molecule has 2 aliphatic rings. The quantitative estimate of drug-likeness (QED) is 0.534. The van der Waals surface area contributed by atoms with Crippen LogP contribution in [-0.4, -0.2) is 17.1 Å². The summed E-state index contributed by atoms with van der Waals surface area (Å²) in [5.74, 6) is -0.279. The van der Waals surface area contributed by atoms with Gasteiger partial charge in [0.2, 0.25) is 5.78 Å². The average Bonchev–Trinajstić information content (AvgIpc) is 2.91. The molecule has 1 heterocycles. The van der Waals surface area contributed by atoms with Gasteiger partial charge in [-0.25, -0.2) is 5.43 Å². The van der Waals surface area contributed by atoms with E-state index in [4.69, 9.17) is 5.11 Å². The van der Waals surface area contributed by atoms with E-state index in [2.05, 4.69) is 16.9 Å². The summed E-state index contributed by atoms with van der Waals surface area (Å²) in [4.78, 5) is 11.0. The molecule has 1 unspecified atom stereocenters. The number of carbonyl (C=O) groups excluding carboxylic acids is 1. The van der Waals surface area contributed by atoms with E-state index in [9.17, 15) is 4.79 Å². The summed E-state index contributed by atoms with van der Waals surface area (Å²) in [6.45, 7) is 0. The van der Waals surface area contributed by atoms with Crippen LogP contribution in [0.4, 0.5) is 0 Å². The highest BCUT2D eigenvalue weighted by Crippen LogP contribution is 2.25. The highest BCUT2D eigenvalue weighted by molar-refractivity contribution is 5.94. The molecule has 70 valence electrons. The molecule has 3 N–H and O–H groups in total. The topological polar surface area (TPSA) is 61.4 Å². The second-order valence-corrected chi connectivity index (χ2v) is 3.31. The average molecular weight is 180 g/mol. The van der Waals surface area contributed by atoms with Gasteiger partial charge in [0.15, 0.2) is 6.23 Å². The van der Waals surface area contributed by atoms with Gasteiger partial charge >= 0.3 is 0 Å². The molecule has 0 aromatic heterocycles. The van der Waals surface area contributed by atoms with E-state index < -0.39 is 6.23 Å². The fourth-order valence-electron chi connectivity index (χ4n) is 1.23. The zero-order chi connectivity index (χ0) is 9.26. The molecule has 0 radical (unpaired) electrons. The van der Waals surface area contributed by atoms with Crippen molar-refractivity contribution in [3.63, 3.8) is 0 Å². The number of allylic oxidation sites excluding steroid dienone is 3. The molecule has 0 aromatic carbocycles. The number of hydrogen-bond donors (Lipinski definition) is 3. The summed E-state index contributed by atoms with van der Waals surface area (Å²) in [7, 11) is 0. The van der Waals surface area contributed by atoms with Crippen LogP contribution in [0.2, 0.25) is 0 Å². The Morgan fingerprint density at radius 1 is 1.54 bits per heavy atom. The third kappa shape index (κ3) is 2.17. The van der Waals surface area contributed by atoms with Gasteiger partial charge in [0, 0.05) is 11.8 Å². The van der Waals surface area contributed by atoms with Crippen molar-refractivity contribution in [2.45, 2.75) is 25.5 Å². The maximum absolute atomic E-state index is 11.0.